The van der Waals surface area contributed by atoms with Crippen LogP contribution in [0.2, 0.25) is 0 Å². The number of nitrogens with one attached hydrogen (secondary N) is 4. The van der Waals surface area contributed by atoms with Crippen molar-refractivity contribution in [3.63, 3.8) is 0 Å². The average molecular weight is 371 g/mol. The SMILES string of the molecule is O=C(Nc1ccc2[nH]ncc2c1)c1cc(C2CCNCCN2)c(F)cc1F. The van der Waals surface area contributed by atoms with Gasteiger partial charge in [0.05, 0.1) is 17.3 Å². The first-order valence-corrected chi connectivity index (χ1v) is 8.79. The highest BCUT2D eigenvalue weighted by Gasteiger charge is 2.22. The molecular weight excluding hydrogens is 352 g/mol. The molecule has 27 heavy (non-hydrogen) atoms. The van der Waals surface area contributed by atoms with E-state index in [1.54, 1.807) is 24.4 Å². The maximum absolute atomic E-state index is 14.3. The molecule has 1 unspecified atom stereocenters. The fraction of sp³-hybridized carbons (Fsp3) is 0.263. The van der Waals surface area contributed by atoms with Crippen molar-refractivity contribution in [2.24, 2.45) is 0 Å². The van der Waals surface area contributed by atoms with Gasteiger partial charge in [-0.25, -0.2) is 8.78 Å². The molecule has 3 aromatic rings. The van der Waals surface area contributed by atoms with Crippen molar-refractivity contribution in [1.29, 1.82) is 0 Å². The van der Waals surface area contributed by atoms with E-state index in [0.29, 0.717) is 24.2 Å². The van der Waals surface area contributed by atoms with Crippen molar-refractivity contribution in [3.8, 4) is 0 Å². The zero-order chi connectivity index (χ0) is 18.8. The maximum atomic E-state index is 14.3. The lowest BCUT2D eigenvalue weighted by Gasteiger charge is -2.18. The number of carbonyl (C=O) groups excluding carboxylic acids is 1. The van der Waals surface area contributed by atoms with Gasteiger partial charge in [-0.05, 0) is 37.2 Å². The van der Waals surface area contributed by atoms with Crippen LogP contribution in [-0.2, 0) is 0 Å². The van der Waals surface area contributed by atoms with E-state index in [9.17, 15) is 13.6 Å². The Morgan fingerprint density at radius 2 is 2.00 bits per heavy atom. The van der Waals surface area contributed by atoms with Crippen LogP contribution < -0.4 is 16.0 Å². The fourth-order valence-corrected chi connectivity index (χ4v) is 3.30. The molecule has 0 spiro atoms. The van der Waals surface area contributed by atoms with Crippen molar-refractivity contribution >= 4 is 22.5 Å². The van der Waals surface area contributed by atoms with Crippen LogP contribution in [0.5, 0.6) is 0 Å². The first-order chi connectivity index (χ1) is 13.1. The van der Waals surface area contributed by atoms with Gasteiger partial charge < -0.3 is 16.0 Å². The zero-order valence-electron chi connectivity index (χ0n) is 14.5. The molecule has 1 atom stereocenters. The van der Waals surface area contributed by atoms with Crippen LogP contribution in [0.25, 0.3) is 10.9 Å². The second-order valence-corrected chi connectivity index (χ2v) is 6.53. The number of benzene rings is 2. The third-order valence-electron chi connectivity index (χ3n) is 4.71. The van der Waals surface area contributed by atoms with Gasteiger partial charge in [0.15, 0.2) is 0 Å². The van der Waals surface area contributed by atoms with E-state index in [1.807, 2.05) is 0 Å². The Hall–Kier alpha value is -2.84. The highest BCUT2D eigenvalue weighted by molar-refractivity contribution is 6.05. The molecule has 140 valence electrons. The Morgan fingerprint density at radius 1 is 1.11 bits per heavy atom. The number of halogens is 2. The third-order valence-corrected chi connectivity index (χ3v) is 4.71. The Morgan fingerprint density at radius 3 is 2.89 bits per heavy atom. The van der Waals surface area contributed by atoms with Gasteiger partial charge in [0.2, 0.25) is 0 Å². The van der Waals surface area contributed by atoms with E-state index in [1.165, 1.54) is 6.07 Å². The van der Waals surface area contributed by atoms with Gasteiger partial charge in [-0.1, -0.05) is 0 Å². The topological polar surface area (TPSA) is 81.8 Å². The summed E-state index contributed by atoms with van der Waals surface area (Å²) in [7, 11) is 0. The Bertz CT molecular complexity index is 979. The number of aromatic nitrogens is 2. The number of rotatable bonds is 3. The van der Waals surface area contributed by atoms with Gasteiger partial charge >= 0.3 is 0 Å². The van der Waals surface area contributed by atoms with E-state index < -0.39 is 17.5 Å². The van der Waals surface area contributed by atoms with E-state index >= 15 is 0 Å². The number of hydrogen-bond acceptors (Lipinski definition) is 4. The molecule has 0 bridgehead atoms. The molecule has 1 aromatic heterocycles. The van der Waals surface area contributed by atoms with Crippen molar-refractivity contribution in [3.05, 3.63) is 59.3 Å². The van der Waals surface area contributed by atoms with Crippen LogP contribution >= 0.6 is 0 Å². The lowest BCUT2D eigenvalue weighted by atomic mass is 9.99. The van der Waals surface area contributed by atoms with Crippen molar-refractivity contribution < 1.29 is 13.6 Å². The maximum Gasteiger partial charge on any atom is 0.258 e. The van der Waals surface area contributed by atoms with Gasteiger partial charge in [0.1, 0.15) is 11.6 Å². The quantitative estimate of drug-likeness (QED) is 0.571. The molecule has 0 saturated carbocycles. The first kappa shape index (κ1) is 17.6. The summed E-state index contributed by atoms with van der Waals surface area (Å²) in [5.74, 6) is -2.16. The Kier molecular flexibility index (Phi) is 4.83. The lowest BCUT2D eigenvalue weighted by Crippen LogP contribution is -2.25. The minimum atomic E-state index is -0.884. The molecule has 2 aromatic carbocycles. The summed E-state index contributed by atoms with van der Waals surface area (Å²) in [6, 6.07) is 7.02. The van der Waals surface area contributed by atoms with Crippen LogP contribution in [0.15, 0.2) is 36.5 Å². The number of aromatic amines is 1. The summed E-state index contributed by atoms with van der Waals surface area (Å²) in [6.45, 7) is 2.18. The molecule has 4 rings (SSSR count). The largest absolute Gasteiger partial charge is 0.322 e. The number of fused-ring (bicyclic) bond motifs is 1. The molecule has 8 heteroatoms. The molecule has 6 nitrogen and oxygen atoms in total. The molecule has 0 aliphatic carbocycles. The summed E-state index contributed by atoms with van der Waals surface area (Å²) in [5.41, 5.74) is 1.46. The Balaban J connectivity index is 1.61. The predicted molar refractivity (Wildman–Crippen MR) is 98.6 cm³/mol. The smallest absolute Gasteiger partial charge is 0.258 e. The number of H-pyrrole nitrogens is 1. The minimum Gasteiger partial charge on any atom is -0.322 e. The van der Waals surface area contributed by atoms with E-state index in [4.69, 9.17) is 0 Å². The van der Waals surface area contributed by atoms with Gasteiger partial charge in [-0.15, -0.1) is 0 Å². The fourth-order valence-electron chi connectivity index (χ4n) is 3.30. The standard InChI is InChI=1S/C19H19F2N5O/c20-15-9-16(21)14(8-13(15)18-3-4-22-5-6-23-18)19(27)25-12-1-2-17-11(7-12)10-24-26-17/h1-2,7-10,18,22-23H,3-6H2,(H,24,26)(H,25,27). The molecule has 4 N–H and O–H groups in total. The minimum absolute atomic E-state index is 0.183. The normalized spacial score (nSPS) is 17.6. The van der Waals surface area contributed by atoms with E-state index in [-0.39, 0.29) is 11.6 Å². The number of carbonyl (C=O) groups is 1. The molecule has 1 saturated heterocycles. The summed E-state index contributed by atoms with van der Waals surface area (Å²) in [4.78, 5) is 12.6. The molecular formula is C19H19F2N5O. The molecule has 1 fully saturated rings. The molecule has 2 heterocycles. The zero-order valence-corrected chi connectivity index (χ0v) is 14.5. The predicted octanol–water partition coefficient (Wildman–Crippen LogP) is 2.72. The number of nitrogens with zero attached hydrogens (tertiary/aromatic N) is 1. The van der Waals surface area contributed by atoms with E-state index in [0.717, 1.165) is 30.1 Å². The van der Waals surface area contributed by atoms with Gasteiger partial charge in [0.25, 0.3) is 5.91 Å². The van der Waals surface area contributed by atoms with Gasteiger partial charge in [-0.3, -0.25) is 9.89 Å². The number of amides is 1. The van der Waals surface area contributed by atoms with Crippen LogP contribution in [0.3, 0.4) is 0 Å². The van der Waals surface area contributed by atoms with Crippen molar-refractivity contribution in [2.45, 2.75) is 12.5 Å². The van der Waals surface area contributed by atoms with Crippen LogP contribution in [-0.4, -0.2) is 35.7 Å². The second-order valence-electron chi connectivity index (χ2n) is 6.53. The summed E-state index contributed by atoms with van der Waals surface area (Å²) < 4.78 is 28.6. The Labute approximate surface area is 154 Å². The molecule has 1 aliphatic rings. The van der Waals surface area contributed by atoms with Gasteiger partial charge in [0, 0.05) is 41.8 Å². The summed E-state index contributed by atoms with van der Waals surface area (Å²) >= 11 is 0. The van der Waals surface area contributed by atoms with Crippen molar-refractivity contribution in [2.75, 3.05) is 25.0 Å². The highest BCUT2D eigenvalue weighted by atomic mass is 19.1. The number of anilines is 1. The van der Waals surface area contributed by atoms with Crippen LogP contribution in [0, 0.1) is 11.6 Å². The van der Waals surface area contributed by atoms with Gasteiger partial charge in [-0.2, -0.15) is 5.10 Å². The summed E-state index contributed by atoms with van der Waals surface area (Å²) in [6.07, 6.45) is 2.29. The molecule has 1 amide bonds. The van der Waals surface area contributed by atoms with Crippen molar-refractivity contribution in [1.82, 2.24) is 20.8 Å². The number of hydrogen-bond donors (Lipinski definition) is 4. The van der Waals surface area contributed by atoms with E-state index in [2.05, 4.69) is 26.1 Å². The molecule has 1 aliphatic heterocycles. The lowest BCUT2D eigenvalue weighted by molar-refractivity contribution is 0.102. The second kappa shape index (κ2) is 7.42. The molecule has 0 radical (unpaired) electrons. The monoisotopic (exact) mass is 371 g/mol. The average Bonchev–Trinajstić information content (AvgIpc) is 2.94. The summed E-state index contributed by atoms with van der Waals surface area (Å²) in [5, 5.41) is 16.7. The first-order valence-electron chi connectivity index (χ1n) is 8.79. The third kappa shape index (κ3) is 3.67. The van der Waals surface area contributed by atoms with Crippen LogP contribution in [0.4, 0.5) is 14.5 Å². The highest BCUT2D eigenvalue weighted by Crippen LogP contribution is 2.25. The van der Waals surface area contributed by atoms with Crippen LogP contribution in [0.1, 0.15) is 28.4 Å².